The summed E-state index contributed by atoms with van der Waals surface area (Å²) in [7, 11) is 0. The van der Waals surface area contributed by atoms with Crippen LogP contribution in [0.1, 0.15) is 10.4 Å². The van der Waals surface area contributed by atoms with E-state index in [1.54, 1.807) is 11.3 Å². The first-order valence-electron chi connectivity index (χ1n) is 5.83. The topological polar surface area (TPSA) is 25.2 Å². The SMILES string of the molecule is Clc1oc2ccccc2c1CNCc1cc(Br)cs1. The van der Waals surface area contributed by atoms with Gasteiger partial charge in [-0.15, -0.1) is 11.3 Å². The molecule has 0 aliphatic rings. The second kappa shape index (κ2) is 5.67. The summed E-state index contributed by atoms with van der Waals surface area (Å²) in [5.74, 6) is 0. The van der Waals surface area contributed by atoms with Crippen LogP contribution < -0.4 is 5.32 Å². The summed E-state index contributed by atoms with van der Waals surface area (Å²) in [6.45, 7) is 1.53. The largest absolute Gasteiger partial charge is 0.444 e. The summed E-state index contributed by atoms with van der Waals surface area (Å²) in [5, 5.41) is 7.03. The maximum absolute atomic E-state index is 6.14. The van der Waals surface area contributed by atoms with Crippen molar-refractivity contribution in [1.82, 2.24) is 5.32 Å². The van der Waals surface area contributed by atoms with Crippen LogP contribution in [0.15, 0.2) is 44.6 Å². The Hall–Kier alpha value is -0.810. The molecule has 0 amide bonds. The number of halogens is 2. The molecule has 0 unspecified atom stereocenters. The number of rotatable bonds is 4. The van der Waals surface area contributed by atoms with Crippen LogP contribution in [0.25, 0.3) is 11.0 Å². The van der Waals surface area contributed by atoms with Gasteiger partial charge in [0.1, 0.15) is 5.58 Å². The van der Waals surface area contributed by atoms with E-state index in [0.717, 1.165) is 27.6 Å². The molecular formula is C14H11BrClNOS. The number of nitrogens with one attached hydrogen (secondary N) is 1. The quantitative estimate of drug-likeness (QED) is 0.695. The number of fused-ring (bicyclic) bond motifs is 1. The Balaban J connectivity index is 1.73. The maximum Gasteiger partial charge on any atom is 0.199 e. The molecule has 0 saturated heterocycles. The third-order valence-corrected chi connectivity index (χ3v) is 4.87. The monoisotopic (exact) mass is 355 g/mol. The second-order valence-electron chi connectivity index (χ2n) is 4.19. The maximum atomic E-state index is 6.14. The van der Waals surface area contributed by atoms with Gasteiger partial charge in [0, 0.05) is 38.8 Å². The van der Waals surface area contributed by atoms with E-state index in [1.165, 1.54) is 4.88 Å². The van der Waals surface area contributed by atoms with Crippen molar-refractivity contribution < 1.29 is 4.42 Å². The number of para-hydroxylation sites is 1. The van der Waals surface area contributed by atoms with Crippen molar-refractivity contribution in [2.45, 2.75) is 13.1 Å². The molecule has 0 aliphatic carbocycles. The zero-order valence-electron chi connectivity index (χ0n) is 9.95. The molecule has 0 saturated carbocycles. The van der Waals surface area contributed by atoms with Crippen LogP contribution in [-0.4, -0.2) is 0 Å². The van der Waals surface area contributed by atoms with Gasteiger partial charge in [0.2, 0.25) is 0 Å². The van der Waals surface area contributed by atoms with Crippen molar-refractivity contribution in [2.24, 2.45) is 0 Å². The first kappa shape index (κ1) is 13.2. The van der Waals surface area contributed by atoms with Crippen LogP contribution >= 0.6 is 38.9 Å². The summed E-state index contributed by atoms with van der Waals surface area (Å²) >= 11 is 11.3. The van der Waals surface area contributed by atoms with E-state index in [1.807, 2.05) is 24.3 Å². The van der Waals surface area contributed by atoms with E-state index in [2.05, 4.69) is 32.7 Å². The molecule has 0 spiro atoms. The minimum Gasteiger partial charge on any atom is -0.444 e. The van der Waals surface area contributed by atoms with Crippen molar-refractivity contribution in [3.63, 3.8) is 0 Å². The van der Waals surface area contributed by atoms with Crippen LogP contribution in [0.3, 0.4) is 0 Å². The molecule has 3 rings (SSSR count). The van der Waals surface area contributed by atoms with Gasteiger partial charge in [0.25, 0.3) is 0 Å². The zero-order chi connectivity index (χ0) is 13.2. The summed E-state index contributed by atoms with van der Waals surface area (Å²) in [6.07, 6.45) is 0. The van der Waals surface area contributed by atoms with E-state index in [-0.39, 0.29) is 0 Å². The fraction of sp³-hybridized carbons (Fsp3) is 0.143. The van der Waals surface area contributed by atoms with Crippen molar-refractivity contribution in [3.8, 4) is 0 Å². The highest BCUT2D eigenvalue weighted by Gasteiger charge is 2.11. The van der Waals surface area contributed by atoms with E-state index in [4.69, 9.17) is 16.0 Å². The molecule has 19 heavy (non-hydrogen) atoms. The van der Waals surface area contributed by atoms with Crippen LogP contribution in [0.4, 0.5) is 0 Å². The van der Waals surface area contributed by atoms with Crippen molar-refractivity contribution >= 4 is 49.8 Å². The minimum atomic E-state index is 0.473. The highest BCUT2D eigenvalue weighted by molar-refractivity contribution is 9.10. The van der Waals surface area contributed by atoms with Gasteiger partial charge in [0.05, 0.1) is 0 Å². The van der Waals surface area contributed by atoms with E-state index in [0.29, 0.717) is 11.8 Å². The summed E-state index contributed by atoms with van der Waals surface area (Å²) in [4.78, 5) is 1.29. The Morgan fingerprint density at radius 2 is 2.11 bits per heavy atom. The molecule has 0 atom stereocenters. The zero-order valence-corrected chi connectivity index (χ0v) is 13.1. The van der Waals surface area contributed by atoms with Crippen molar-refractivity contribution in [1.29, 1.82) is 0 Å². The van der Waals surface area contributed by atoms with Gasteiger partial charge < -0.3 is 9.73 Å². The molecule has 1 aromatic carbocycles. The van der Waals surface area contributed by atoms with E-state index >= 15 is 0 Å². The summed E-state index contributed by atoms with van der Waals surface area (Å²) in [6, 6.07) is 10.0. The lowest BCUT2D eigenvalue weighted by atomic mass is 10.2. The van der Waals surface area contributed by atoms with Crippen LogP contribution in [0, 0.1) is 0 Å². The molecule has 0 fully saturated rings. The smallest absolute Gasteiger partial charge is 0.199 e. The Morgan fingerprint density at radius 3 is 2.89 bits per heavy atom. The first-order chi connectivity index (χ1) is 9.24. The Labute approximate surface area is 128 Å². The summed E-state index contributed by atoms with van der Waals surface area (Å²) < 4.78 is 6.65. The normalized spacial score (nSPS) is 11.3. The van der Waals surface area contributed by atoms with Gasteiger partial charge in [-0.1, -0.05) is 18.2 Å². The van der Waals surface area contributed by atoms with E-state index in [9.17, 15) is 0 Å². The van der Waals surface area contributed by atoms with Gasteiger partial charge in [-0.25, -0.2) is 0 Å². The first-order valence-corrected chi connectivity index (χ1v) is 7.88. The number of hydrogen-bond acceptors (Lipinski definition) is 3. The molecule has 2 aromatic heterocycles. The third-order valence-electron chi connectivity index (χ3n) is 2.87. The predicted molar refractivity (Wildman–Crippen MR) is 83.8 cm³/mol. The Morgan fingerprint density at radius 1 is 1.26 bits per heavy atom. The number of hydrogen-bond donors (Lipinski definition) is 1. The number of benzene rings is 1. The van der Waals surface area contributed by atoms with Crippen LogP contribution in [-0.2, 0) is 13.1 Å². The number of thiophene rings is 1. The van der Waals surface area contributed by atoms with Gasteiger partial charge in [-0.3, -0.25) is 0 Å². The van der Waals surface area contributed by atoms with Crippen LogP contribution in [0.2, 0.25) is 5.22 Å². The summed E-state index contributed by atoms with van der Waals surface area (Å²) in [5.41, 5.74) is 1.86. The fourth-order valence-corrected chi connectivity index (χ4v) is 3.66. The lowest BCUT2D eigenvalue weighted by molar-refractivity contribution is 0.604. The molecule has 2 nitrogen and oxygen atoms in total. The highest BCUT2D eigenvalue weighted by atomic mass is 79.9. The van der Waals surface area contributed by atoms with Crippen LogP contribution in [0.5, 0.6) is 0 Å². The molecular weight excluding hydrogens is 346 g/mol. The second-order valence-corrected chi connectivity index (χ2v) is 6.44. The third kappa shape index (κ3) is 2.87. The average molecular weight is 357 g/mol. The Bertz CT molecular complexity index is 706. The van der Waals surface area contributed by atoms with Gasteiger partial charge in [-0.2, -0.15) is 0 Å². The lowest BCUT2D eigenvalue weighted by Gasteiger charge is -2.02. The van der Waals surface area contributed by atoms with Crippen molar-refractivity contribution in [2.75, 3.05) is 0 Å². The fourth-order valence-electron chi connectivity index (χ4n) is 1.99. The molecule has 0 radical (unpaired) electrons. The molecule has 5 heteroatoms. The molecule has 0 aliphatic heterocycles. The van der Waals surface area contributed by atoms with Gasteiger partial charge >= 0.3 is 0 Å². The Kier molecular flexibility index (Phi) is 3.93. The molecule has 1 N–H and O–H groups in total. The molecule has 2 heterocycles. The average Bonchev–Trinajstić information content (AvgIpc) is 2.94. The minimum absolute atomic E-state index is 0.473. The number of furan rings is 1. The predicted octanol–water partition coefficient (Wildman–Crippen LogP) is 5.20. The van der Waals surface area contributed by atoms with Crippen molar-refractivity contribution in [3.05, 3.63) is 55.8 Å². The molecule has 98 valence electrons. The standard InChI is InChI=1S/C14H11BrClNOS/c15-9-5-10(19-8-9)6-17-7-12-11-3-1-2-4-13(11)18-14(12)16/h1-5,8,17H,6-7H2. The highest BCUT2D eigenvalue weighted by Crippen LogP contribution is 2.29. The lowest BCUT2D eigenvalue weighted by Crippen LogP contribution is -2.11. The van der Waals surface area contributed by atoms with E-state index < -0.39 is 0 Å². The van der Waals surface area contributed by atoms with Gasteiger partial charge in [-0.05, 0) is 39.7 Å². The molecule has 3 aromatic rings. The van der Waals surface area contributed by atoms with Gasteiger partial charge in [0.15, 0.2) is 5.22 Å². The molecule has 0 bridgehead atoms.